The van der Waals surface area contributed by atoms with Crippen LogP contribution < -0.4 is 11.5 Å². The lowest BCUT2D eigenvalue weighted by molar-refractivity contribution is 0.0980. The zero-order valence-corrected chi connectivity index (χ0v) is 30.7. The summed E-state index contributed by atoms with van der Waals surface area (Å²) in [7, 11) is 0. The minimum atomic E-state index is -0.245. The van der Waals surface area contributed by atoms with Gasteiger partial charge in [0.2, 0.25) is 0 Å². The molecule has 0 spiro atoms. The number of nitrogens with zero attached hydrogens (tertiary/aromatic N) is 1. The summed E-state index contributed by atoms with van der Waals surface area (Å²) in [6.45, 7) is 0. The third-order valence-corrected chi connectivity index (χ3v) is 9.89. The third-order valence-electron chi connectivity index (χ3n) is 8.83. The van der Waals surface area contributed by atoms with Gasteiger partial charge in [0.1, 0.15) is 17.6 Å². The number of benzene rings is 6. The first kappa shape index (κ1) is 35.1. The Hall–Kier alpha value is -6.30. The first-order valence-electron chi connectivity index (χ1n) is 16.1. The lowest BCUT2D eigenvalue weighted by atomic mass is 9.83. The molecule has 0 bridgehead atoms. The first-order valence-corrected chi connectivity index (χ1v) is 17.7. The molecule has 0 aliphatic heterocycles. The van der Waals surface area contributed by atoms with E-state index in [4.69, 9.17) is 11.5 Å². The van der Waals surface area contributed by atoms with E-state index >= 15 is 0 Å². The number of carbonyl (C=O) groups excluding carboxylic acids is 5. The van der Waals surface area contributed by atoms with Gasteiger partial charge in [-0.15, -0.1) is 0 Å². The molecule has 0 atom stereocenters. The Morgan fingerprint density at radius 3 is 1.55 bits per heavy atom. The van der Waals surface area contributed by atoms with Crippen LogP contribution in [0.4, 0.5) is 11.4 Å². The van der Waals surface area contributed by atoms with Crippen molar-refractivity contribution in [3.8, 4) is 11.4 Å². The van der Waals surface area contributed by atoms with Gasteiger partial charge in [0.25, 0.3) is 0 Å². The van der Waals surface area contributed by atoms with Crippen molar-refractivity contribution < 1.29 is 24.0 Å². The van der Waals surface area contributed by atoms with E-state index in [9.17, 15) is 24.0 Å². The second-order valence-electron chi connectivity index (χ2n) is 12.0. The summed E-state index contributed by atoms with van der Waals surface area (Å²) in [4.78, 5) is 68.5. The van der Waals surface area contributed by atoms with E-state index in [0.29, 0.717) is 61.5 Å². The van der Waals surface area contributed by atoms with Crippen LogP contribution in [-0.2, 0) is 0 Å². The van der Waals surface area contributed by atoms with E-state index in [1.54, 1.807) is 78.9 Å². The molecule has 2 aliphatic carbocycles. The van der Waals surface area contributed by atoms with Crippen molar-refractivity contribution in [2.75, 3.05) is 11.5 Å². The summed E-state index contributed by atoms with van der Waals surface area (Å²) in [5, 5.41) is 0. The lowest BCUT2D eigenvalue weighted by Gasteiger charge is -2.19. The maximum Gasteiger partial charge on any atom is 0.196 e. The minimum absolute atomic E-state index is 0.134. The number of aromatic nitrogens is 2. The normalized spacial score (nSPS) is 12.3. The van der Waals surface area contributed by atoms with Crippen LogP contribution >= 0.6 is 31.9 Å². The predicted molar refractivity (Wildman–Crippen MR) is 211 cm³/mol. The number of nitrogens with two attached hydrogens (primary N) is 2. The number of nitrogens with one attached hydrogen (secondary N) is 1. The molecule has 258 valence electrons. The minimum Gasteiger partial charge on any atom is -0.397 e. The number of hydrogen-bond acceptors (Lipinski definition) is 8. The molecular formula is C42H26Br2N4O5. The van der Waals surface area contributed by atoms with Crippen molar-refractivity contribution in [2.24, 2.45) is 0 Å². The van der Waals surface area contributed by atoms with E-state index < -0.39 is 0 Å². The third kappa shape index (κ3) is 6.52. The van der Waals surface area contributed by atoms with Crippen LogP contribution in [0, 0.1) is 0 Å². The maximum atomic E-state index is 13.0. The average Bonchev–Trinajstić information content (AvgIpc) is 3.63. The molecule has 0 fully saturated rings. The van der Waals surface area contributed by atoms with Gasteiger partial charge in [-0.2, -0.15) is 0 Å². The summed E-state index contributed by atoms with van der Waals surface area (Å²) in [5.41, 5.74) is 17.9. The average molecular weight is 827 g/mol. The van der Waals surface area contributed by atoms with E-state index in [1.165, 1.54) is 0 Å². The van der Waals surface area contributed by atoms with Crippen molar-refractivity contribution in [3.05, 3.63) is 180 Å². The molecule has 11 heteroatoms. The summed E-state index contributed by atoms with van der Waals surface area (Å²) < 4.78 is 1.97. The van der Waals surface area contributed by atoms with E-state index in [-0.39, 0.29) is 34.4 Å². The van der Waals surface area contributed by atoms with E-state index in [2.05, 4.69) is 41.8 Å². The second kappa shape index (κ2) is 14.4. The number of imidazole rings is 1. The van der Waals surface area contributed by atoms with Crippen LogP contribution in [0.3, 0.4) is 0 Å². The zero-order valence-electron chi connectivity index (χ0n) is 27.5. The van der Waals surface area contributed by atoms with Gasteiger partial charge in [-0.1, -0.05) is 105 Å². The standard InChI is InChI=1S/C21H11BrN2O2.C14H10N2O2.C7H5BrO/c22-12-7-5-11(6-8-12)21-23-16-10-9-15-17(18(16)24-21)20(26)14-4-2-1-3-13(14)19(15)25;15-10-6-5-9-11(12(10)16)14(18)8-4-2-1-3-7(8)13(9)17;8-7-3-1-6(5-9)2-4-7/h1-10H,(H,23,24);1-6H,15-16H2;1-5H. The van der Waals surface area contributed by atoms with Gasteiger partial charge in [-0.25, -0.2) is 4.98 Å². The van der Waals surface area contributed by atoms with Gasteiger partial charge in [0.15, 0.2) is 23.1 Å². The van der Waals surface area contributed by atoms with E-state index in [1.807, 2.05) is 42.5 Å². The molecular weight excluding hydrogens is 800 g/mol. The molecule has 9 nitrogen and oxygen atoms in total. The van der Waals surface area contributed by atoms with Crippen molar-refractivity contribution >= 4 is 83.7 Å². The van der Waals surface area contributed by atoms with Crippen LogP contribution in [0.25, 0.3) is 22.4 Å². The Morgan fingerprint density at radius 1 is 0.528 bits per heavy atom. The highest BCUT2D eigenvalue weighted by molar-refractivity contribution is 9.10. The Morgan fingerprint density at radius 2 is 1.00 bits per heavy atom. The molecule has 2 aliphatic rings. The first-order chi connectivity index (χ1) is 25.6. The summed E-state index contributed by atoms with van der Waals surface area (Å²) in [5.74, 6) is -0.0585. The predicted octanol–water partition coefficient (Wildman–Crippen LogP) is 8.66. The highest BCUT2D eigenvalue weighted by Crippen LogP contribution is 2.35. The molecule has 0 unspecified atom stereocenters. The maximum absolute atomic E-state index is 13.0. The number of aromatic amines is 1. The largest absolute Gasteiger partial charge is 0.397 e. The molecule has 5 N–H and O–H groups in total. The van der Waals surface area contributed by atoms with E-state index in [0.717, 1.165) is 26.3 Å². The Balaban J connectivity index is 0.000000139. The number of halogens is 2. The quantitative estimate of drug-likeness (QED) is 0.115. The number of nitrogen functional groups attached to an aromatic ring is 2. The molecule has 0 amide bonds. The number of anilines is 2. The molecule has 0 saturated heterocycles. The topological polar surface area (TPSA) is 166 Å². The van der Waals surface area contributed by atoms with Crippen LogP contribution in [-0.4, -0.2) is 39.4 Å². The molecule has 53 heavy (non-hydrogen) atoms. The van der Waals surface area contributed by atoms with Gasteiger partial charge in [0.05, 0.1) is 28.0 Å². The Labute approximate surface area is 319 Å². The highest BCUT2D eigenvalue weighted by Gasteiger charge is 2.33. The highest BCUT2D eigenvalue weighted by atomic mass is 79.9. The Bertz CT molecular complexity index is 2650. The molecule has 9 rings (SSSR count). The zero-order chi connectivity index (χ0) is 37.4. The number of hydrogen-bond donors (Lipinski definition) is 3. The number of ketones is 4. The van der Waals surface area contributed by atoms with Crippen molar-refractivity contribution in [3.63, 3.8) is 0 Å². The smallest absolute Gasteiger partial charge is 0.196 e. The fourth-order valence-electron chi connectivity index (χ4n) is 6.17. The van der Waals surface area contributed by atoms with Crippen LogP contribution in [0.15, 0.2) is 130 Å². The van der Waals surface area contributed by atoms with Gasteiger partial charge >= 0.3 is 0 Å². The van der Waals surface area contributed by atoms with Gasteiger partial charge in [-0.3, -0.25) is 24.0 Å². The molecule has 1 aromatic heterocycles. The van der Waals surface area contributed by atoms with Crippen molar-refractivity contribution in [1.29, 1.82) is 0 Å². The van der Waals surface area contributed by atoms with Gasteiger partial charge < -0.3 is 16.5 Å². The van der Waals surface area contributed by atoms with Crippen LogP contribution in [0.5, 0.6) is 0 Å². The van der Waals surface area contributed by atoms with Crippen molar-refractivity contribution in [2.45, 2.75) is 0 Å². The number of aldehydes is 1. The van der Waals surface area contributed by atoms with Gasteiger partial charge in [-0.05, 0) is 48.5 Å². The lowest BCUT2D eigenvalue weighted by Crippen LogP contribution is -2.22. The summed E-state index contributed by atoms with van der Waals surface area (Å²) in [6, 6.07) is 35.2. The second-order valence-corrected chi connectivity index (χ2v) is 13.9. The monoisotopic (exact) mass is 824 g/mol. The molecule has 0 saturated carbocycles. The molecule has 1 heterocycles. The molecule has 7 aromatic rings. The van der Waals surface area contributed by atoms with Crippen LogP contribution in [0.1, 0.15) is 74.0 Å². The number of fused-ring (bicyclic) bond motifs is 6. The number of H-pyrrole nitrogens is 1. The van der Waals surface area contributed by atoms with Crippen molar-refractivity contribution in [1.82, 2.24) is 9.97 Å². The molecule has 6 aromatic carbocycles. The summed E-state index contributed by atoms with van der Waals surface area (Å²) in [6.07, 6.45) is 0.826. The fourth-order valence-corrected chi connectivity index (χ4v) is 6.70. The van der Waals surface area contributed by atoms with Crippen LogP contribution in [0.2, 0.25) is 0 Å². The number of rotatable bonds is 2. The Kier molecular flexibility index (Phi) is 9.53. The molecule has 0 radical (unpaired) electrons. The number of carbonyl (C=O) groups is 5. The summed E-state index contributed by atoms with van der Waals surface area (Å²) >= 11 is 6.68. The SMILES string of the molecule is Nc1ccc2c(c1N)C(=O)c1ccccc1C2=O.O=C1c2ccccc2C(=O)c2c1ccc1[nH]c(-c3ccc(Br)cc3)nc21.O=Cc1ccc(Br)cc1. The fraction of sp³-hybridized carbons (Fsp3) is 0. The van der Waals surface area contributed by atoms with Gasteiger partial charge in [0, 0.05) is 53.5 Å².